The molecular formula is C14H11BrN2O. The zero-order valence-electron chi connectivity index (χ0n) is 9.85. The van der Waals surface area contributed by atoms with Gasteiger partial charge in [0.15, 0.2) is 0 Å². The molecule has 0 unspecified atom stereocenters. The van der Waals surface area contributed by atoms with Crippen LogP contribution in [0.3, 0.4) is 0 Å². The maximum atomic E-state index is 8.93. The normalized spacial score (nSPS) is 9.83. The molecule has 0 amide bonds. The van der Waals surface area contributed by atoms with E-state index in [0.29, 0.717) is 12.3 Å². The molecular weight excluding hydrogens is 292 g/mol. The predicted molar refractivity (Wildman–Crippen MR) is 72.2 cm³/mol. The lowest BCUT2D eigenvalue weighted by atomic mass is 10.2. The van der Waals surface area contributed by atoms with Crippen LogP contribution >= 0.6 is 15.9 Å². The molecule has 3 nitrogen and oxygen atoms in total. The van der Waals surface area contributed by atoms with Crippen molar-refractivity contribution in [2.45, 2.75) is 13.5 Å². The van der Waals surface area contributed by atoms with Gasteiger partial charge in [-0.05, 0) is 36.8 Å². The number of hydrogen-bond acceptors (Lipinski definition) is 3. The number of nitriles is 1. The number of aryl methyl sites for hydroxylation is 1. The zero-order chi connectivity index (χ0) is 13.0. The molecule has 1 aromatic carbocycles. The van der Waals surface area contributed by atoms with Crippen LogP contribution in [0.5, 0.6) is 5.75 Å². The molecule has 0 saturated carbocycles. The van der Waals surface area contributed by atoms with Crippen molar-refractivity contribution in [3.05, 3.63) is 57.8 Å². The van der Waals surface area contributed by atoms with Crippen molar-refractivity contribution < 1.29 is 4.74 Å². The van der Waals surface area contributed by atoms with E-state index >= 15 is 0 Å². The first-order chi connectivity index (χ1) is 8.70. The van der Waals surface area contributed by atoms with Crippen molar-refractivity contribution in [3.63, 3.8) is 0 Å². The van der Waals surface area contributed by atoms with Crippen LogP contribution in [0.15, 0.2) is 41.0 Å². The fourth-order valence-corrected chi connectivity index (χ4v) is 2.06. The Morgan fingerprint density at radius 3 is 2.94 bits per heavy atom. The zero-order valence-corrected chi connectivity index (χ0v) is 11.4. The molecule has 0 N–H and O–H groups in total. The fourth-order valence-electron chi connectivity index (χ4n) is 1.59. The first-order valence-corrected chi connectivity index (χ1v) is 6.23. The smallest absolute Gasteiger partial charge is 0.147 e. The number of nitrogens with zero attached hydrogens (tertiary/aromatic N) is 2. The molecule has 0 radical (unpaired) electrons. The maximum absolute atomic E-state index is 8.93. The van der Waals surface area contributed by atoms with E-state index in [-0.39, 0.29) is 0 Å². The Morgan fingerprint density at radius 1 is 1.39 bits per heavy atom. The van der Waals surface area contributed by atoms with E-state index in [4.69, 9.17) is 10.00 Å². The summed E-state index contributed by atoms with van der Waals surface area (Å²) < 4.78 is 6.73. The van der Waals surface area contributed by atoms with Gasteiger partial charge in [0.1, 0.15) is 24.1 Å². The Bertz CT molecular complexity index is 605. The van der Waals surface area contributed by atoms with Crippen LogP contribution in [-0.2, 0) is 6.61 Å². The van der Waals surface area contributed by atoms with E-state index in [2.05, 4.69) is 27.0 Å². The number of pyridine rings is 1. The number of aromatic nitrogens is 1. The third-order valence-corrected chi connectivity index (χ3v) is 3.01. The van der Waals surface area contributed by atoms with Gasteiger partial charge in [0.2, 0.25) is 0 Å². The standard InChI is InChI=1S/C14H11BrN2O/c1-10-7-12(15)4-5-14(10)18-9-11-3-2-6-17-13(11)8-16/h2-7H,9H2,1H3. The minimum Gasteiger partial charge on any atom is -0.489 e. The summed E-state index contributed by atoms with van der Waals surface area (Å²) in [4.78, 5) is 4.00. The summed E-state index contributed by atoms with van der Waals surface area (Å²) in [6, 6.07) is 11.5. The lowest BCUT2D eigenvalue weighted by Gasteiger charge is -2.09. The van der Waals surface area contributed by atoms with Crippen molar-refractivity contribution in [3.8, 4) is 11.8 Å². The molecule has 0 bridgehead atoms. The van der Waals surface area contributed by atoms with Crippen molar-refractivity contribution in [2.24, 2.45) is 0 Å². The molecule has 90 valence electrons. The quantitative estimate of drug-likeness (QED) is 0.870. The summed E-state index contributed by atoms with van der Waals surface area (Å²) in [6.07, 6.45) is 1.60. The Hall–Kier alpha value is -1.86. The summed E-state index contributed by atoms with van der Waals surface area (Å²) in [6.45, 7) is 2.33. The predicted octanol–water partition coefficient (Wildman–Crippen LogP) is 3.60. The van der Waals surface area contributed by atoms with Crippen LogP contribution in [0.25, 0.3) is 0 Å². The van der Waals surface area contributed by atoms with Crippen LogP contribution in [0.1, 0.15) is 16.8 Å². The highest BCUT2D eigenvalue weighted by molar-refractivity contribution is 9.10. The topological polar surface area (TPSA) is 45.9 Å². The second-order valence-corrected chi connectivity index (χ2v) is 4.74. The summed E-state index contributed by atoms with van der Waals surface area (Å²) >= 11 is 3.41. The average Bonchev–Trinajstić information content (AvgIpc) is 2.38. The van der Waals surface area contributed by atoms with Gasteiger partial charge in [-0.25, -0.2) is 4.98 Å². The Morgan fingerprint density at radius 2 is 2.22 bits per heavy atom. The Kier molecular flexibility index (Phi) is 3.96. The van der Waals surface area contributed by atoms with Crippen molar-refractivity contribution in [1.82, 2.24) is 4.98 Å². The highest BCUT2D eigenvalue weighted by Gasteiger charge is 2.05. The summed E-state index contributed by atoms with van der Waals surface area (Å²) in [5.41, 5.74) is 2.25. The van der Waals surface area contributed by atoms with Crippen LogP contribution in [-0.4, -0.2) is 4.98 Å². The molecule has 1 heterocycles. The van der Waals surface area contributed by atoms with Crippen LogP contribution in [0, 0.1) is 18.3 Å². The van der Waals surface area contributed by atoms with Crippen molar-refractivity contribution in [1.29, 1.82) is 5.26 Å². The fraction of sp³-hybridized carbons (Fsp3) is 0.143. The van der Waals surface area contributed by atoms with Gasteiger partial charge in [0.25, 0.3) is 0 Å². The van der Waals surface area contributed by atoms with Gasteiger partial charge in [-0.2, -0.15) is 5.26 Å². The largest absolute Gasteiger partial charge is 0.489 e. The van der Waals surface area contributed by atoms with E-state index in [1.54, 1.807) is 12.3 Å². The monoisotopic (exact) mass is 302 g/mol. The van der Waals surface area contributed by atoms with Crippen LogP contribution in [0.2, 0.25) is 0 Å². The Balaban J connectivity index is 2.14. The van der Waals surface area contributed by atoms with E-state index in [1.165, 1.54) is 0 Å². The molecule has 2 rings (SSSR count). The minimum atomic E-state index is 0.346. The molecule has 18 heavy (non-hydrogen) atoms. The van der Waals surface area contributed by atoms with Gasteiger partial charge < -0.3 is 4.74 Å². The second kappa shape index (κ2) is 5.65. The molecule has 1 aromatic heterocycles. The first-order valence-electron chi connectivity index (χ1n) is 5.43. The minimum absolute atomic E-state index is 0.346. The van der Waals surface area contributed by atoms with E-state index < -0.39 is 0 Å². The number of ether oxygens (including phenoxy) is 1. The molecule has 0 saturated heterocycles. The SMILES string of the molecule is Cc1cc(Br)ccc1OCc1cccnc1C#N. The Labute approximate surface area is 114 Å². The molecule has 0 spiro atoms. The summed E-state index contributed by atoms with van der Waals surface area (Å²) in [7, 11) is 0. The van der Waals surface area contributed by atoms with Gasteiger partial charge in [0.05, 0.1) is 0 Å². The van der Waals surface area contributed by atoms with Gasteiger partial charge in [-0.1, -0.05) is 22.0 Å². The molecule has 4 heteroatoms. The average molecular weight is 303 g/mol. The van der Waals surface area contributed by atoms with E-state index in [1.807, 2.05) is 31.2 Å². The van der Waals surface area contributed by atoms with Crippen LogP contribution in [0.4, 0.5) is 0 Å². The third kappa shape index (κ3) is 2.88. The summed E-state index contributed by atoms with van der Waals surface area (Å²) in [5, 5.41) is 8.93. The van der Waals surface area contributed by atoms with E-state index in [0.717, 1.165) is 21.3 Å². The van der Waals surface area contributed by atoms with Gasteiger partial charge in [-0.3, -0.25) is 0 Å². The molecule has 0 aliphatic heterocycles. The molecule has 0 fully saturated rings. The highest BCUT2D eigenvalue weighted by Crippen LogP contribution is 2.23. The van der Waals surface area contributed by atoms with Gasteiger partial charge >= 0.3 is 0 Å². The van der Waals surface area contributed by atoms with Crippen molar-refractivity contribution >= 4 is 15.9 Å². The van der Waals surface area contributed by atoms with Crippen molar-refractivity contribution in [2.75, 3.05) is 0 Å². The van der Waals surface area contributed by atoms with Gasteiger partial charge in [-0.15, -0.1) is 0 Å². The number of halogens is 1. The van der Waals surface area contributed by atoms with E-state index in [9.17, 15) is 0 Å². The lowest BCUT2D eigenvalue weighted by Crippen LogP contribution is -2.00. The molecule has 0 aliphatic carbocycles. The third-order valence-electron chi connectivity index (χ3n) is 2.52. The molecule has 2 aromatic rings. The second-order valence-electron chi connectivity index (χ2n) is 3.82. The number of rotatable bonds is 3. The molecule has 0 aliphatic rings. The molecule has 0 atom stereocenters. The number of benzene rings is 1. The number of hydrogen-bond donors (Lipinski definition) is 0. The maximum Gasteiger partial charge on any atom is 0.147 e. The van der Waals surface area contributed by atoms with Gasteiger partial charge in [0, 0.05) is 16.2 Å². The van der Waals surface area contributed by atoms with Crippen LogP contribution < -0.4 is 4.74 Å². The summed E-state index contributed by atoms with van der Waals surface area (Å²) in [5.74, 6) is 0.811. The first kappa shape index (κ1) is 12.6. The highest BCUT2D eigenvalue weighted by atomic mass is 79.9. The lowest BCUT2D eigenvalue weighted by molar-refractivity contribution is 0.303.